The van der Waals surface area contributed by atoms with Crippen LogP contribution in [0.4, 0.5) is 13.2 Å². The SMILES string of the molecule is CCCC1C(C(=O)N2CCC(C#N)(c3ccc(CC)cc3OCCCC(C(=O)O)C(C)C)CC2)CCCN1C(=O)c1ncccc1C(F)(F)F. The van der Waals surface area contributed by atoms with Gasteiger partial charge in [0.1, 0.15) is 11.4 Å². The molecule has 9 nitrogen and oxygen atoms in total. The van der Waals surface area contributed by atoms with Gasteiger partial charge < -0.3 is 19.6 Å². The van der Waals surface area contributed by atoms with Gasteiger partial charge in [-0.05, 0) is 81.0 Å². The molecule has 0 saturated carbocycles. The van der Waals surface area contributed by atoms with Crippen molar-refractivity contribution >= 4 is 17.8 Å². The van der Waals surface area contributed by atoms with Gasteiger partial charge in [0.2, 0.25) is 5.91 Å². The van der Waals surface area contributed by atoms with E-state index < -0.39 is 52.6 Å². The summed E-state index contributed by atoms with van der Waals surface area (Å²) in [5.74, 6) is -2.24. The maximum atomic E-state index is 14.1. The number of likely N-dealkylation sites (tertiary alicyclic amines) is 2. The largest absolute Gasteiger partial charge is 0.493 e. The number of hydrogen-bond donors (Lipinski definition) is 1. The third-order valence-electron chi connectivity index (χ3n) is 10.4. The molecule has 2 amide bonds. The Bertz CT molecular complexity index is 1550. The number of nitrogens with zero attached hydrogens (tertiary/aromatic N) is 4. The quantitative estimate of drug-likeness (QED) is 0.218. The number of aliphatic carboxylic acids is 1. The number of ether oxygens (including phenoxy) is 1. The van der Waals surface area contributed by atoms with E-state index >= 15 is 0 Å². The molecular weight excluding hydrogens is 649 g/mol. The average Bonchev–Trinajstić information content (AvgIpc) is 3.10. The summed E-state index contributed by atoms with van der Waals surface area (Å²) in [5, 5.41) is 20.1. The Hall–Kier alpha value is -4.14. The summed E-state index contributed by atoms with van der Waals surface area (Å²) in [5.41, 5.74) is -0.865. The van der Waals surface area contributed by atoms with Crippen molar-refractivity contribution in [3.63, 3.8) is 0 Å². The van der Waals surface area contributed by atoms with Crippen molar-refractivity contribution in [1.82, 2.24) is 14.8 Å². The summed E-state index contributed by atoms with van der Waals surface area (Å²) in [7, 11) is 0. The van der Waals surface area contributed by atoms with Gasteiger partial charge in [-0.3, -0.25) is 19.4 Å². The number of carbonyl (C=O) groups excluding carboxylic acids is 2. The minimum absolute atomic E-state index is 0.00114. The fraction of sp³-hybridized carbons (Fsp3) is 0.605. The smallest absolute Gasteiger partial charge is 0.418 e. The molecule has 0 aliphatic carbocycles. The van der Waals surface area contributed by atoms with Crippen molar-refractivity contribution in [3.8, 4) is 11.8 Å². The molecule has 1 N–H and O–H groups in total. The molecule has 0 radical (unpaired) electrons. The van der Waals surface area contributed by atoms with Gasteiger partial charge in [0.25, 0.3) is 5.91 Å². The van der Waals surface area contributed by atoms with Gasteiger partial charge in [-0.2, -0.15) is 18.4 Å². The Morgan fingerprint density at radius 2 is 1.86 bits per heavy atom. The van der Waals surface area contributed by atoms with E-state index in [1.165, 1.54) is 11.1 Å². The van der Waals surface area contributed by atoms with Crippen molar-refractivity contribution in [2.24, 2.45) is 17.8 Å². The molecule has 2 aliphatic heterocycles. The summed E-state index contributed by atoms with van der Waals surface area (Å²) in [4.78, 5) is 46.3. The maximum absolute atomic E-state index is 14.1. The number of hydrogen-bond acceptors (Lipinski definition) is 6. The second kappa shape index (κ2) is 16.7. The number of rotatable bonds is 13. The fourth-order valence-corrected chi connectivity index (χ4v) is 7.50. The number of nitriles is 1. The van der Waals surface area contributed by atoms with Gasteiger partial charge in [0.05, 0.1) is 35.5 Å². The predicted octanol–water partition coefficient (Wildman–Crippen LogP) is 7.28. The number of benzene rings is 1. The van der Waals surface area contributed by atoms with Crippen LogP contribution in [0, 0.1) is 29.1 Å². The third kappa shape index (κ3) is 8.59. The van der Waals surface area contributed by atoms with Crippen molar-refractivity contribution in [2.75, 3.05) is 26.2 Å². The van der Waals surface area contributed by atoms with E-state index in [9.17, 15) is 37.9 Å². The lowest BCUT2D eigenvalue weighted by Crippen LogP contribution is -2.55. The zero-order valence-electron chi connectivity index (χ0n) is 29.5. The molecular formula is C38H49F3N4O5. The molecule has 2 aromatic rings. The molecule has 2 saturated heterocycles. The number of alkyl halides is 3. The minimum Gasteiger partial charge on any atom is -0.493 e. The molecule has 3 heterocycles. The number of pyridine rings is 1. The van der Waals surface area contributed by atoms with Crippen molar-refractivity contribution < 1.29 is 37.4 Å². The first-order valence-corrected chi connectivity index (χ1v) is 17.8. The summed E-state index contributed by atoms with van der Waals surface area (Å²) >= 11 is 0. The molecule has 0 spiro atoms. The molecule has 1 aromatic carbocycles. The van der Waals surface area contributed by atoms with E-state index in [-0.39, 0.29) is 18.4 Å². The lowest BCUT2D eigenvalue weighted by atomic mass is 9.73. The lowest BCUT2D eigenvalue weighted by Gasteiger charge is -2.44. The molecule has 0 bridgehead atoms. The number of halogens is 3. The molecule has 2 aliphatic rings. The van der Waals surface area contributed by atoms with E-state index in [4.69, 9.17) is 4.74 Å². The summed E-state index contributed by atoms with van der Waals surface area (Å²) in [6, 6.07) is 9.81. The predicted molar refractivity (Wildman–Crippen MR) is 181 cm³/mol. The Kier molecular flexibility index (Phi) is 12.9. The average molecular weight is 699 g/mol. The number of carboxylic acid groups (broad SMARTS) is 1. The van der Waals surface area contributed by atoms with E-state index in [2.05, 4.69) is 11.1 Å². The fourth-order valence-electron chi connectivity index (χ4n) is 7.50. The molecule has 12 heteroatoms. The van der Waals surface area contributed by atoms with Gasteiger partial charge in [-0.15, -0.1) is 0 Å². The van der Waals surface area contributed by atoms with Crippen LogP contribution in [0.25, 0.3) is 0 Å². The highest BCUT2D eigenvalue weighted by molar-refractivity contribution is 5.95. The monoisotopic (exact) mass is 698 g/mol. The number of carboxylic acids is 1. The highest BCUT2D eigenvalue weighted by Gasteiger charge is 2.45. The van der Waals surface area contributed by atoms with Crippen LogP contribution < -0.4 is 4.74 Å². The van der Waals surface area contributed by atoms with Gasteiger partial charge in [0.15, 0.2) is 0 Å². The van der Waals surface area contributed by atoms with Gasteiger partial charge in [-0.1, -0.05) is 46.2 Å². The summed E-state index contributed by atoms with van der Waals surface area (Å²) in [6.45, 7) is 8.88. The third-order valence-corrected chi connectivity index (χ3v) is 10.4. The molecule has 2 fully saturated rings. The van der Waals surface area contributed by atoms with Gasteiger partial charge in [-0.25, -0.2) is 0 Å². The second-order valence-electron chi connectivity index (χ2n) is 13.9. The van der Waals surface area contributed by atoms with Crippen LogP contribution in [0.2, 0.25) is 0 Å². The zero-order valence-corrected chi connectivity index (χ0v) is 29.5. The highest BCUT2D eigenvalue weighted by Crippen LogP contribution is 2.42. The van der Waals surface area contributed by atoms with Crippen LogP contribution >= 0.6 is 0 Å². The Morgan fingerprint density at radius 1 is 1.14 bits per heavy atom. The van der Waals surface area contributed by atoms with E-state index in [0.717, 1.165) is 29.7 Å². The highest BCUT2D eigenvalue weighted by atomic mass is 19.4. The Labute approximate surface area is 292 Å². The van der Waals surface area contributed by atoms with Crippen LogP contribution in [0.5, 0.6) is 5.75 Å². The van der Waals surface area contributed by atoms with Crippen molar-refractivity contribution in [2.45, 2.75) is 103 Å². The number of carbonyl (C=O) groups is 3. The first-order valence-electron chi connectivity index (χ1n) is 17.8. The molecule has 3 unspecified atom stereocenters. The van der Waals surface area contributed by atoms with E-state index in [0.29, 0.717) is 76.8 Å². The number of aryl methyl sites for hydroxylation is 1. The molecule has 3 atom stereocenters. The molecule has 1 aromatic heterocycles. The topological polar surface area (TPSA) is 124 Å². The van der Waals surface area contributed by atoms with Gasteiger partial charge >= 0.3 is 12.1 Å². The maximum Gasteiger partial charge on any atom is 0.418 e. The molecule has 4 rings (SSSR count). The molecule has 50 heavy (non-hydrogen) atoms. The Morgan fingerprint density at radius 3 is 2.46 bits per heavy atom. The number of amides is 2. The zero-order chi connectivity index (χ0) is 36.6. The van der Waals surface area contributed by atoms with E-state index in [1.54, 1.807) is 4.90 Å². The van der Waals surface area contributed by atoms with Crippen LogP contribution in [-0.2, 0) is 27.6 Å². The first-order chi connectivity index (χ1) is 23.8. The Balaban J connectivity index is 1.50. The number of piperidine rings is 2. The lowest BCUT2D eigenvalue weighted by molar-refractivity contribution is -0.143. The van der Waals surface area contributed by atoms with Crippen molar-refractivity contribution in [1.29, 1.82) is 5.26 Å². The summed E-state index contributed by atoms with van der Waals surface area (Å²) in [6.07, 6.45) is 1.02. The first kappa shape index (κ1) is 38.7. The van der Waals surface area contributed by atoms with Gasteiger partial charge in [0, 0.05) is 37.4 Å². The molecule has 272 valence electrons. The van der Waals surface area contributed by atoms with Crippen LogP contribution in [-0.4, -0.2) is 70.0 Å². The van der Waals surface area contributed by atoms with Crippen molar-refractivity contribution in [3.05, 3.63) is 58.9 Å². The van der Waals surface area contributed by atoms with Crippen LogP contribution in [0.15, 0.2) is 36.5 Å². The van der Waals surface area contributed by atoms with Crippen LogP contribution in [0.1, 0.15) is 106 Å². The standard InChI is InChI=1S/C38H49F3N4O5/c1-5-10-31-28(11-8-19-45(31)35(47)33-30(38(39,40)41)13-7-18-43-33)34(46)44-20-16-37(24-42,17-21-44)29-15-14-26(6-2)23-32(29)50-22-9-12-27(25(3)4)36(48)49/h7,13-15,18,23,25,27-28,31H,5-6,8-12,16-17,19-22H2,1-4H3,(H,48,49). The number of aromatic nitrogens is 1. The minimum atomic E-state index is -4.75. The second-order valence-corrected chi connectivity index (χ2v) is 13.9. The normalized spacial score (nSPS) is 19.9. The van der Waals surface area contributed by atoms with Crippen LogP contribution in [0.3, 0.4) is 0 Å². The summed E-state index contributed by atoms with van der Waals surface area (Å²) < 4.78 is 47.6. The van der Waals surface area contributed by atoms with E-state index in [1.807, 2.05) is 45.9 Å².